The lowest BCUT2D eigenvalue weighted by atomic mass is 9.72. The molecule has 0 fully saturated rings. The van der Waals surface area contributed by atoms with Crippen molar-refractivity contribution in [2.24, 2.45) is 41.4 Å². The smallest absolute Gasteiger partial charge is 0.0386 e. The van der Waals surface area contributed by atoms with Crippen LogP contribution in [0.3, 0.4) is 0 Å². The third-order valence-electron chi connectivity index (χ3n) is 6.55. The van der Waals surface area contributed by atoms with Gasteiger partial charge in [0, 0.05) is 0 Å². The molecule has 0 spiro atoms. The van der Waals surface area contributed by atoms with Crippen molar-refractivity contribution in [1.82, 2.24) is 0 Å². The van der Waals surface area contributed by atoms with Gasteiger partial charge in [0.2, 0.25) is 0 Å². The van der Waals surface area contributed by atoms with Gasteiger partial charge in [-0.2, -0.15) is 0 Å². The molecule has 0 aliphatic rings. The minimum absolute atomic E-state index is 0.841. The zero-order chi connectivity index (χ0) is 17.3. The summed E-state index contributed by atoms with van der Waals surface area (Å²) in [5, 5.41) is 0. The standard InChI is InChI=1S/C22H46/c1-10-12-18(6)20(8)21(9)22(11-2)14-13-17(5)19(7)15-16(3)4/h16-22H,10-15H2,1-9H3. The Morgan fingerprint density at radius 3 is 1.64 bits per heavy atom. The van der Waals surface area contributed by atoms with Crippen molar-refractivity contribution in [1.29, 1.82) is 0 Å². The Hall–Kier alpha value is 0. The summed E-state index contributed by atoms with van der Waals surface area (Å²) in [7, 11) is 0. The average Bonchev–Trinajstić information content (AvgIpc) is 2.45. The van der Waals surface area contributed by atoms with Gasteiger partial charge in [0.15, 0.2) is 0 Å². The van der Waals surface area contributed by atoms with Crippen molar-refractivity contribution >= 4 is 0 Å². The molecular weight excluding hydrogens is 264 g/mol. The summed E-state index contributed by atoms with van der Waals surface area (Å²) in [4.78, 5) is 0. The van der Waals surface area contributed by atoms with E-state index >= 15 is 0 Å². The summed E-state index contributed by atoms with van der Waals surface area (Å²) in [6, 6.07) is 0. The first kappa shape index (κ1) is 22.0. The lowest BCUT2D eigenvalue weighted by molar-refractivity contribution is 0.168. The Balaban J connectivity index is 4.40. The predicted octanol–water partition coefficient (Wildman–Crippen LogP) is 7.82. The Labute approximate surface area is 142 Å². The van der Waals surface area contributed by atoms with Crippen molar-refractivity contribution in [3.63, 3.8) is 0 Å². The maximum Gasteiger partial charge on any atom is -0.0386 e. The first-order chi connectivity index (χ1) is 10.2. The van der Waals surface area contributed by atoms with Crippen molar-refractivity contribution < 1.29 is 0 Å². The fourth-order valence-corrected chi connectivity index (χ4v) is 4.24. The van der Waals surface area contributed by atoms with Crippen LogP contribution >= 0.6 is 0 Å². The second-order valence-corrected chi connectivity index (χ2v) is 8.81. The molecule has 0 nitrogen and oxygen atoms in total. The molecule has 0 heteroatoms. The summed E-state index contributed by atoms with van der Waals surface area (Å²) >= 11 is 0. The molecule has 0 aromatic heterocycles. The molecule has 0 aromatic rings. The van der Waals surface area contributed by atoms with E-state index in [-0.39, 0.29) is 0 Å². The second-order valence-electron chi connectivity index (χ2n) is 8.81. The normalized spacial score (nSPS) is 20.5. The molecular formula is C22H46. The van der Waals surface area contributed by atoms with Crippen LogP contribution in [0.15, 0.2) is 0 Å². The fourth-order valence-electron chi connectivity index (χ4n) is 4.24. The van der Waals surface area contributed by atoms with Crippen LogP contribution in [-0.4, -0.2) is 0 Å². The molecule has 0 saturated heterocycles. The first-order valence-corrected chi connectivity index (χ1v) is 10.2. The van der Waals surface area contributed by atoms with E-state index in [4.69, 9.17) is 0 Å². The predicted molar refractivity (Wildman–Crippen MR) is 103 cm³/mol. The molecule has 0 saturated carbocycles. The molecule has 6 atom stereocenters. The Morgan fingerprint density at radius 1 is 0.591 bits per heavy atom. The molecule has 0 rings (SSSR count). The Bertz CT molecular complexity index is 255. The number of hydrogen-bond acceptors (Lipinski definition) is 0. The van der Waals surface area contributed by atoms with Crippen LogP contribution in [-0.2, 0) is 0 Å². The Morgan fingerprint density at radius 2 is 1.18 bits per heavy atom. The molecule has 0 amide bonds. The summed E-state index contributed by atoms with van der Waals surface area (Å²) < 4.78 is 0. The minimum atomic E-state index is 0.841. The topological polar surface area (TPSA) is 0 Å². The molecule has 22 heavy (non-hydrogen) atoms. The van der Waals surface area contributed by atoms with Gasteiger partial charge in [-0.05, 0) is 54.3 Å². The van der Waals surface area contributed by atoms with E-state index in [0.29, 0.717) is 0 Å². The number of rotatable bonds is 12. The zero-order valence-corrected chi connectivity index (χ0v) is 17.3. The van der Waals surface area contributed by atoms with Crippen LogP contribution in [0, 0.1) is 41.4 Å². The van der Waals surface area contributed by atoms with Gasteiger partial charge in [-0.3, -0.25) is 0 Å². The van der Waals surface area contributed by atoms with E-state index in [9.17, 15) is 0 Å². The lowest BCUT2D eigenvalue weighted by Crippen LogP contribution is -2.24. The van der Waals surface area contributed by atoms with Gasteiger partial charge in [-0.1, -0.05) is 88.0 Å². The molecule has 0 bridgehead atoms. The molecule has 0 aromatic carbocycles. The van der Waals surface area contributed by atoms with Gasteiger partial charge in [0.05, 0.1) is 0 Å². The highest BCUT2D eigenvalue weighted by molar-refractivity contribution is 4.76. The van der Waals surface area contributed by atoms with Crippen LogP contribution in [0.25, 0.3) is 0 Å². The molecule has 134 valence electrons. The third-order valence-corrected chi connectivity index (χ3v) is 6.55. The molecule has 0 N–H and O–H groups in total. The quantitative estimate of drug-likeness (QED) is 0.344. The summed E-state index contributed by atoms with van der Waals surface area (Å²) in [6.07, 6.45) is 8.33. The molecule has 0 aliphatic carbocycles. The van der Waals surface area contributed by atoms with Crippen molar-refractivity contribution in [2.45, 2.75) is 101 Å². The summed E-state index contributed by atoms with van der Waals surface area (Å²) in [5.41, 5.74) is 0. The van der Waals surface area contributed by atoms with Crippen LogP contribution in [0.2, 0.25) is 0 Å². The highest BCUT2D eigenvalue weighted by Gasteiger charge is 2.26. The van der Waals surface area contributed by atoms with E-state index in [1.807, 2.05) is 0 Å². The van der Waals surface area contributed by atoms with Crippen molar-refractivity contribution in [3.05, 3.63) is 0 Å². The van der Waals surface area contributed by atoms with E-state index in [2.05, 4.69) is 62.3 Å². The van der Waals surface area contributed by atoms with E-state index in [0.717, 1.165) is 41.4 Å². The van der Waals surface area contributed by atoms with Gasteiger partial charge in [-0.25, -0.2) is 0 Å². The highest BCUT2D eigenvalue weighted by Crippen LogP contribution is 2.35. The molecule has 0 radical (unpaired) electrons. The van der Waals surface area contributed by atoms with Gasteiger partial charge in [-0.15, -0.1) is 0 Å². The first-order valence-electron chi connectivity index (χ1n) is 10.2. The van der Waals surface area contributed by atoms with E-state index < -0.39 is 0 Å². The van der Waals surface area contributed by atoms with Crippen LogP contribution in [0.5, 0.6) is 0 Å². The molecule has 6 unspecified atom stereocenters. The van der Waals surface area contributed by atoms with Gasteiger partial charge >= 0.3 is 0 Å². The van der Waals surface area contributed by atoms with Crippen molar-refractivity contribution in [2.75, 3.05) is 0 Å². The van der Waals surface area contributed by atoms with Crippen LogP contribution in [0.1, 0.15) is 101 Å². The minimum Gasteiger partial charge on any atom is -0.0654 e. The summed E-state index contributed by atoms with van der Waals surface area (Å²) in [5.74, 6) is 6.14. The Kier molecular flexibility index (Phi) is 11.5. The average molecular weight is 311 g/mol. The second kappa shape index (κ2) is 11.5. The van der Waals surface area contributed by atoms with Crippen molar-refractivity contribution in [3.8, 4) is 0 Å². The molecule has 0 aliphatic heterocycles. The van der Waals surface area contributed by atoms with Gasteiger partial charge in [0.1, 0.15) is 0 Å². The monoisotopic (exact) mass is 310 g/mol. The largest absolute Gasteiger partial charge is 0.0654 e. The summed E-state index contributed by atoms with van der Waals surface area (Å²) in [6.45, 7) is 21.9. The fraction of sp³-hybridized carbons (Fsp3) is 1.00. The maximum atomic E-state index is 2.52. The van der Waals surface area contributed by atoms with Gasteiger partial charge in [0.25, 0.3) is 0 Å². The zero-order valence-electron chi connectivity index (χ0n) is 17.3. The van der Waals surface area contributed by atoms with Gasteiger partial charge < -0.3 is 0 Å². The highest BCUT2D eigenvalue weighted by atomic mass is 14.3. The SMILES string of the molecule is CCCC(C)C(C)C(C)C(CC)CCC(C)C(C)CC(C)C. The number of hydrogen-bond donors (Lipinski definition) is 0. The molecule has 0 heterocycles. The lowest BCUT2D eigenvalue weighted by Gasteiger charge is -2.33. The third kappa shape index (κ3) is 8.02. The van der Waals surface area contributed by atoms with E-state index in [1.165, 1.54) is 38.5 Å². The van der Waals surface area contributed by atoms with E-state index in [1.54, 1.807) is 0 Å². The van der Waals surface area contributed by atoms with Crippen LogP contribution in [0.4, 0.5) is 0 Å². The van der Waals surface area contributed by atoms with Crippen LogP contribution < -0.4 is 0 Å². The maximum absolute atomic E-state index is 2.52.